The van der Waals surface area contributed by atoms with Crippen molar-refractivity contribution >= 4 is 17.5 Å². The Balaban J connectivity index is 1.38. The van der Waals surface area contributed by atoms with Crippen LogP contribution in [0.3, 0.4) is 0 Å². The molecule has 3 aromatic rings. The van der Waals surface area contributed by atoms with Gasteiger partial charge in [0.1, 0.15) is 5.69 Å². The largest absolute Gasteiger partial charge is 0.394 e. The highest BCUT2D eigenvalue weighted by Crippen LogP contribution is 2.37. The van der Waals surface area contributed by atoms with Crippen molar-refractivity contribution in [3.8, 4) is 0 Å². The van der Waals surface area contributed by atoms with Gasteiger partial charge in [-0.1, -0.05) is 19.8 Å². The summed E-state index contributed by atoms with van der Waals surface area (Å²) in [5.74, 6) is -2.35. The maximum Gasteiger partial charge on any atom is 0.393 e. The molecule has 1 saturated heterocycles. The number of imidazole rings is 1. The number of aliphatic hydroxyl groups excluding tert-OH is 1. The zero-order valence-electron chi connectivity index (χ0n) is 22.3. The number of aliphatic hydroxyl groups is 1. The fraction of sp³-hybridized carbons (Fsp3) is 0.593. The second kappa shape index (κ2) is 11.6. The monoisotopic (exact) mass is 561 g/mol. The van der Waals surface area contributed by atoms with Crippen LogP contribution >= 0.6 is 0 Å². The molecule has 1 unspecified atom stereocenters. The first-order chi connectivity index (χ1) is 19.1. The Morgan fingerprint density at radius 1 is 1.23 bits per heavy atom. The van der Waals surface area contributed by atoms with Crippen molar-refractivity contribution in [2.45, 2.75) is 64.2 Å². The molecular formula is C27H34F3N7O3. The summed E-state index contributed by atoms with van der Waals surface area (Å²) in [6.07, 6.45) is 2.62. The fourth-order valence-electron chi connectivity index (χ4n) is 5.84. The van der Waals surface area contributed by atoms with Gasteiger partial charge in [0.2, 0.25) is 5.91 Å². The molecule has 1 saturated carbocycles. The van der Waals surface area contributed by atoms with E-state index < -0.39 is 30.5 Å². The minimum Gasteiger partial charge on any atom is -0.394 e. The van der Waals surface area contributed by atoms with Gasteiger partial charge in [0.05, 0.1) is 42.7 Å². The maximum absolute atomic E-state index is 13.3. The topological polar surface area (TPSA) is 126 Å². The van der Waals surface area contributed by atoms with Crippen molar-refractivity contribution in [1.29, 1.82) is 0 Å². The zero-order valence-corrected chi connectivity index (χ0v) is 22.3. The predicted molar refractivity (Wildman–Crippen MR) is 138 cm³/mol. The van der Waals surface area contributed by atoms with Gasteiger partial charge in [-0.3, -0.25) is 14.3 Å². The molecule has 1 aliphatic carbocycles. The summed E-state index contributed by atoms with van der Waals surface area (Å²) in [6, 6.07) is 4.62. The second-order valence-electron chi connectivity index (χ2n) is 11.0. The van der Waals surface area contributed by atoms with E-state index in [0.717, 1.165) is 25.7 Å². The van der Waals surface area contributed by atoms with Crippen molar-refractivity contribution < 1.29 is 27.9 Å². The maximum atomic E-state index is 13.3. The first-order valence-corrected chi connectivity index (χ1v) is 13.8. The van der Waals surface area contributed by atoms with Crippen molar-refractivity contribution in [1.82, 2.24) is 35.0 Å². The van der Waals surface area contributed by atoms with Crippen molar-refractivity contribution in [2.24, 2.45) is 23.7 Å². The minimum atomic E-state index is -4.37. The highest BCUT2D eigenvalue weighted by atomic mass is 19.4. The molecule has 2 aliphatic rings. The molecule has 3 aromatic heterocycles. The summed E-state index contributed by atoms with van der Waals surface area (Å²) in [5.41, 5.74) is 2.00. The molecule has 13 heteroatoms. The molecular weight excluding hydrogens is 527 g/mol. The second-order valence-corrected chi connectivity index (χ2v) is 11.0. The lowest BCUT2D eigenvalue weighted by Crippen LogP contribution is -2.47. The smallest absolute Gasteiger partial charge is 0.393 e. The summed E-state index contributed by atoms with van der Waals surface area (Å²) in [7, 11) is 0. The number of alkyl halides is 3. The van der Waals surface area contributed by atoms with Crippen molar-refractivity contribution in [3.05, 3.63) is 47.7 Å². The lowest BCUT2D eigenvalue weighted by molar-refractivity contribution is -0.183. The first kappa shape index (κ1) is 28.1. The summed E-state index contributed by atoms with van der Waals surface area (Å²) in [4.78, 5) is 30.3. The Morgan fingerprint density at radius 3 is 2.73 bits per heavy atom. The van der Waals surface area contributed by atoms with Crippen LogP contribution in [0.1, 0.15) is 66.9 Å². The zero-order chi connectivity index (χ0) is 28.4. The number of rotatable bonds is 8. The van der Waals surface area contributed by atoms with Crippen LogP contribution in [0.5, 0.6) is 0 Å². The highest BCUT2D eigenvalue weighted by molar-refractivity contribution is 5.92. The van der Waals surface area contributed by atoms with Gasteiger partial charge in [0.15, 0.2) is 5.65 Å². The Bertz CT molecular complexity index is 1350. The average Bonchev–Trinajstić information content (AvgIpc) is 3.55. The Morgan fingerprint density at radius 2 is 2.00 bits per heavy atom. The van der Waals surface area contributed by atoms with Gasteiger partial charge in [-0.25, -0.2) is 9.50 Å². The predicted octanol–water partition coefficient (Wildman–Crippen LogP) is 3.07. The number of carbonyl (C=O) groups is 2. The van der Waals surface area contributed by atoms with Gasteiger partial charge in [0, 0.05) is 25.1 Å². The third kappa shape index (κ3) is 6.13. The van der Waals surface area contributed by atoms with Crippen LogP contribution < -0.4 is 10.6 Å². The number of carbonyl (C=O) groups excluding carboxylic acids is 2. The van der Waals surface area contributed by atoms with E-state index in [9.17, 15) is 27.9 Å². The van der Waals surface area contributed by atoms with E-state index >= 15 is 0 Å². The average molecular weight is 562 g/mol. The lowest BCUT2D eigenvalue weighted by atomic mass is 9.78. The number of fused-ring (bicyclic) bond motifs is 1. The molecule has 40 heavy (non-hydrogen) atoms. The van der Waals surface area contributed by atoms with E-state index in [-0.39, 0.29) is 43.9 Å². The van der Waals surface area contributed by atoms with Crippen molar-refractivity contribution in [3.63, 3.8) is 0 Å². The summed E-state index contributed by atoms with van der Waals surface area (Å²) < 4.78 is 42.8. The number of amides is 2. The Hall–Kier alpha value is -3.48. The van der Waals surface area contributed by atoms with Gasteiger partial charge in [-0.2, -0.15) is 23.4 Å². The standard InChI is InChI=1S/C27H34F3N7O3/c1-16-2-4-17(5-3-16)24(34-26(40)22-8-9-32-36(22)10-11-38)21-15-37-23(33-21)7-6-20(35-37)13-18-12-19(27(28,29)30)14-31-25(18)39/h6-9,15-19,24,38H,2-5,10-14H2,1H3,(H,31,39)(H,34,40)/t16?,17?,18?,19-,24+/m1/s1. The van der Waals surface area contributed by atoms with Crippen LogP contribution in [0.4, 0.5) is 13.2 Å². The van der Waals surface area contributed by atoms with E-state index in [1.165, 1.54) is 10.9 Å². The van der Waals surface area contributed by atoms with Crippen LogP contribution in [-0.2, 0) is 17.8 Å². The number of piperidine rings is 1. The Labute approximate surface area is 229 Å². The number of hydrogen-bond donors (Lipinski definition) is 3. The van der Waals surface area contributed by atoms with E-state index in [2.05, 4.69) is 27.8 Å². The molecule has 5 rings (SSSR count). The third-order valence-electron chi connectivity index (χ3n) is 8.17. The molecule has 0 bridgehead atoms. The molecule has 2 amide bonds. The third-order valence-corrected chi connectivity index (χ3v) is 8.17. The van der Waals surface area contributed by atoms with E-state index in [1.807, 2.05) is 0 Å². The number of aromatic nitrogens is 5. The molecule has 4 heterocycles. The number of hydrogen-bond acceptors (Lipinski definition) is 6. The summed E-state index contributed by atoms with van der Waals surface area (Å²) >= 11 is 0. The number of nitrogens with one attached hydrogen (secondary N) is 2. The van der Waals surface area contributed by atoms with Crippen LogP contribution in [-0.4, -0.2) is 60.6 Å². The van der Waals surface area contributed by atoms with E-state index in [1.54, 1.807) is 28.9 Å². The molecule has 0 spiro atoms. The molecule has 3 atom stereocenters. The van der Waals surface area contributed by atoms with Crippen LogP contribution in [0.2, 0.25) is 0 Å². The molecule has 3 N–H and O–H groups in total. The number of halogens is 3. The highest BCUT2D eigenvalue weighted by Gasteiger charge is 2.44. The summed E-state index contributed by atoms with van der Waals surface area (Å²) in [6.45, 7) is 1.87. The summed E-state index contributed by atoms with van der Waals surface area (Å²) in [5, 5.41) is 23.5. The van der Waals surface area contributed by atoms with E-state index in [0.29, 0.717) is 28.6 Å². The van der Waals surface area contributed by atoms with Gasteiger partial charge in [-0.15, -0.1) is 0 Å². The van der Waals surface area contributed by atoms with Crippen LogP contribution in [0.25, 0.3) is 5.65 Å². The van der Waals surface area contributed by atoms with Gasteiger partial charge < -0.3 is 15.7 Å². The van der Waals surface area contributed by atoms with Gasteiger partial charge >= 0.3 is 6.18 Å². The first-order valence-electron chi connectivity index (χ1n) is 13.8. The molecule has 0 radical (unpaired) electrons. The quantitative estimate of drug-likeness (QED) is 0.388. The molecule has 1 aliphatic heterocycles. The van der Waals surface area contributed by atoms with Gasteiger partial charge in [0.25, 0.3) is 5.91 Å². The number of nitrogens with zero attached hydrogens (tertiary/aromatic N) is 5. The minimum absolute atomic E-state index is 0.0807. The molecule has 0 aromatic carbocycles. The van der Waals surface area contributed by atoms with Crippen molar-refractivity contribution in [2.75, 3.05) is 13.2 Å². The SMILES string of the molecule is CC1CCC([C@H](NC(=O)c2ccnn2CCO)c2cn3nc(CC4C[C@@H](C(F)(F)F)CNC4=O)ccc3n2)CC1. The van der Waals surface area contributed by atoms with Crippen LogP contribution in [0.15, 0.2) is 30.6 Å². The molecule has 10 nitrogen and oxygen atoms in total. The Kier molecular flexibility index (Phi) is 8.11. The van der Waals surface area contributed by atoms with E-state index in [4.69, 9.17) is 4.98 Å². The lowest BCUT2D eigenvalue weighted by Gasteiger charge is -2.32. The molecule has 216 valence electrons. The normalized spacial score (nSPS) is 24.6. The fourth-order valence-corrected chi connectivity index (χ4v) is 5.84. The van der Waals surface area contributed by atoms with Gasteiger partial charge in [-0.05, 0) is 49.3 Å². The molecule has 2 fully saturated rings. The van der Waals surface area contributed by atoms with Crippen LogP contribution in [0, 0.1) is 23.7 Å².